The Hall–Kier alpha value is -2.21. The third kappa shape index (κ3) is 3.51. The largest absolute Gasteiger partial charge is 0.493 e. The lowest BCUT2D eigenvalue weighted by Gasteiger charge is -2.19. The normalized spacial score (nSPS) is 12.0. The summed E-state index contributed by atoms with van der Waals surface area (Å²) in [5.41, 5.74) is 3.17. The predicted molar refractivity (Wildman–Crippen MR) is 85.6 cm³/mol. The smallest absolute Gasteiger partial charge is 0.161 e. The number of hydrogen-bond donors (Lipinski definition) is 2. The number of nitrogens with one attached hydrogen (secondary N) is 1. The molecule has 1 heterocycles. The molecule has 0 saturated heterocycles. The SMILES string of the molecule is COc1cc(C)c(C(C)Nc2cnn(CCO)c2)cc1OC. The number of nitrogens with zero attached hydrogens (tertiary/aromatic N) is 2. The number of methoxy groups -OCH3 is 2. The summed E-state index contributed by atoms with van der Waals surface area (Å²) in [4.78, 5) is 0. The van der Waals surface area contributed by atoms with Gasteiger partial charge in [0.25, 0.3) is 0 Å². The van der Waals surface area contributed by atoms with E-state index in [-0.39, 0.29) is 12.6 Å². The maximum Gasteiger partial charge on any atom is 0.161 e. The standard InChI is InChI=1S/C16H23N3O3/c1-11-7-15(21-3)16(22-4)8-14(11)12(2)18-13-9-17-19(10-13)5-6-20/h7-10,12,18,20H,5-6H2,1-4H3. The van der Waals surface area contributed by atoms with Crippen molar-refractivity contribution in [3.8, 4) is 11.5 Å². The van der Waals surface area contributed by atoms with E-state index in [1.165, 1.54) is 0 Å². The zero-order chi connectivity index (χ0) is 16.1. The number of aromatic nitrogens is 2. The molecule has 6 heteroatoms. The third-order valence-corrected chi connectivity index (χ3v) is 3.58. The van der Waals surface area contributed by atoms with Gasteiger partial charge in [0.15, 0.2) is 11.5 Å². The lowest BCUT2D eigenvalue weighted by molar-refractivity contribution is 0.269. The summed E-state index contributed by atoms with van der Waals surface area (Å²) in [6.07, 6.45) is 3.63. The van der Waals surface area contributed by atoms with Gasteiger partial charge in [-0.15, -0.1) is 0 Å². The van der Waals surface area contributed by atoms with Gasteiger partial charge in [0.1, 0.15) is 0 Å². The first kappa shape index (κ1) is 16.2. The Morgan fingerprint density at radius 1 is 1.27 bits per heavy atom. The minimum atomic E-state index is 0.0749. The van der Waals surface area contributed by atoms with Gasteiger partial charge in [0.2, 0.25) is 0 Å². The molecule has 0 saturated carbocycles. The Balaban J connectivity index is 2.19. The molecule has 2 N–H and O–H groups in total. The number of aryl methyl sites for hydroxylation is 1. The minimum Gasteiger partial charge on any atom is -0.493 e. The van der Waals surface area contributed by atoms with Crippen LogP contribution in [-0.4, -0.2) is 35.7 Å². The fourth-order valence-corrected chi connectivity index (χ4v) is 2.45. The van der Waals surface area contributed by atoms with Crippen molar-refractivity contribution < 1.29 is 14.6 Å². The molecule has 2 aromatic rings. The van der Waals surface area contributed by atoms with Crippen molar-refractivity contribution >= 4 is 5.69 Å². The molecule has 0 bridgehead atoms. The first-order valence-electron chi connectivity index (χ1n) is 7.21. The molecule has 0 aliphatic carbocycles. The summed E-state index contributed by atoms with van der Waals surface area (Å²) in [7, 11) is 3.27. The predicted octanol–water partition coefficient (Wildman–Crippen LogP) is 2.37. The molecule has 22 heavy (non-hydrogen) atoms. The highest BCUT2D eigenvalue weighted by Crippen LogP contribution is 2.33. The first-order valence-corrected chi connectivity index (χ1v) is 7.21. The van der Waals surface area contributed by atoms with Crippen LogP contribution in [0.4, 0.5) is 5.69 Å². The molecule has 120 valence electrons. The van der Waals surface area contributed by atoms with Gasteiger partial charge < -0.3 is 19.9 Å². The number of benzene rings is 1. The quantitative estimate of drug-likeness (QED) is 0.822. The fraction of sp³-hybridized carbons (Fsp3) is 0.438. The van der Waals surface area contributed by atoms with E-state index in [2.05, 4.69) is 17.3 Å². The van der Waals surface area contributed by atoms with Crippen LogP contribution in [0.1, 0.15) is 24.1 Å². The van der Waals surface area contributed by atoms with Crippen LogP contribution in [0.2, 0.25) is 0 Å². The average molecular weight is 305 g/mol. The second-order valence-corrected chi connectivity index (χ2v) is 5.15. The summed E-state index contributed by atoms with van der Waals surface area (Å²) < 4.78 is 12.4. The van der Waals surface area contributed by atoms with Crippen molar-refractivity contribution in [1.82, 2.24) is 9.78 Å². The maximum atomic E-state index is 8.93. The molecule has 6 nitrogen and oxygen atoms in total. The molecule has 1 unspecified atom stereocenters. The molecule has 0 fully saturated rings. The number of hydrogen-bond acceptors (Lipinski definition) is 5. The van der Waals surface area contributed by atoms with Gasteiger partial charge in [-0.05, 0) is 37.1 Å². The van der Waals surface area contributed by atoms with E-state index in [4.69, 9.17) is 14.6 Å². The topological polar surface area (TPSA) is 68.5 Å². The van der Waals surface area contributed by atoms with Crippen LogP contribution in [0.25, 0.3) is 0 Å². The van der Waals surface area contributed by atoms with E-state index in [1.807, 2.05) is 25.3 Å². The van der Waals surface area contributed by atoms with Crippen molar-refractivity contribution in [2.45, 2.75) is 26.4 Å². The van der Waals surface area contributed by atoms with Gasteiger partial charge in [0, 0.05) is 12.2 Å². The third-order valence-electron chi connectivity index (χ3n) is 3.58. The number of rotatable bonds is 7. The Morgan fingerprint density at radius 3 is 2.59 bits per heavy atom. The van der Waals surface area contributed by atoms with E-state index in [0.29, 0.717) is 12.3 Å². The van der Waals surface area contributed by atoms with Gasteiger partial charge in [-0.3, -0.25) is 4.68 Å². The summed E-state index contributed by atoms with van der Waals surface area (Å²) in [5.74, 6) is 1.44. The Bertz CT molecular complexity index is 625. The zero-order valence-corrected chi connectivity index (χ0v) is 13.5. The molecular weight excluding hydrogens is 282 g/mol. The molecule has 0 aliphatic heterocycles. The van der Waals surface area contributed by atoms with Crippen molar-refractivity contribution in [1.29, 1.82) is 0 Å². The lowest BCUT2D eigenvalue weighted by Crippen LogP contribution is -2.09. The second-order valence-electron chi connectivity index (χ2n) is 5.15. The van der Waals surface area contributed by atoms with E-state index in [1.54, 1.807) is 25.1 Å². The van der Waals surface area contributed by atoms with Gasteiger partial charge in [-0.25, -0.2) is 0 Å². The highest BCUT2D eigenvalue weighted by molar-refractivity contribution is 5.50. The molecule has 0 amide bonds. The molecule has 1 atom stereocenters. The highest BCUT2D eigenvalue weighted by atomic mass is 16.5. The van der Waals surface area contributed by atoms with Crippen molar-refractivity contribution in [3.05, 3.63) is 35.7 Å². The van der Waals surface area contributed by atoms with E-state index in [9.17, 15) is 0 Å². The van der Waals surface area contributed by atoms with Crippen LogP contribution < -0.4 is 14.8 Å². The van der Waals surface area contributed by atoms with Gasteiger partial charge in [0.05, 0.1) is 39.3 Å². The van der Waals surface area contributed by atoms with Crippen LogP contribution >= 0.6 is 0 Å². The summed E-state index contributed by atoms with van der Waals surface area (Å²) >= 11 is 0. The molecule has 2 rings (SSSR count). The second kappa shape index (κ2) is 7.17. The zero-order valence-electron chi connectivity index (χ0n) is 13.5. The Labute approximate surface area is 130 Å². The van der Waals surface area contributed by atoms with Gasteiger partial charge >= 0.3 is 0 Å². The fourth-order valence-electron chi connectivity index (χ4n) is 2.45. The van der Waals surface area contributed by atoms with Crippen molar-refractivity contribution in [3.63, 3.8) is 0 Å². The van der Waals surface area contributed by atoms with Crippen molar-refractivity contribution in [2.24, 2.45) is 0 Å². The van der Waals surface area contributed by atoms with Gasteiger partial charge in [-0.2, -0.15) is 5.10 Å². The monoisotopic (exact) mass is 305 g/mol. The number of aliphatic hydroxyl groups excluding tert-OH is 1. The van der Waals surface area contributed by atoms with E-state index in [0.717, 1.165) is 22.6 Å². The van der Waals surface area contributed by atoms with Crippen LogP contribution in [0.5, 0.6) is 11.5 Å². The molecule has 0 radical (unpaired) electrons. The van der Waals surface area contributed by atoms with Crippen LogP contribution in [0, 0.1) is 6.92 Å². The minimum absolute atomic E-state index is 0.0749. The van der Waals surface area contributed by atoms with Crippen LogP contribution in [0.3, 0.4) is 0 Å². The summed E-state index contributed by atoms with van der Waals surface area (Å²) in [6.45, 7) is 4.69. The highest BCUT2D eigenvalue weighted by Gasteiger charge is 2.14. The molecule has 0 spiro atoms. The van der Waals surface area contributed by atoms with Gasteiger partial charge in [-0.1, -0.05) is 0 Å². The number of ether oxygens (including phenoxy) is 2. The maximum absolute atomic E-state index is 8.93. The Morgan fingerprint density at radius 2 is 1.95 bits per heavy atom. The molecule has 1 aromatic heterocycles. The van der Waals surface area contributed by atoms with Crippen LogP contribution in [0.15, 0.2) is 24.5 Å². The van der Waals surface area contributed by atoms with E-state index >= 15 is 0 Å². The van der Waals surface area contributed by atoms with E-state index < -0.39 is 0 Å². The number of aliphatic hydroxyl groups is 1. The lowest BCUT2D eigenvalue weighted by atomic mass is 10.0. The molecular formula is C16H23N3O3. The molecule has 1 aromatic carbocycles. The summed E-state index contributed by atoms with van der Waals surface area (Å²) in [6, 6.07) is 4.05. The van der Waals surface area contributed by atoms with Crippen LogP contribution in [-0.2, 0) is 6.54 Å². The van der Waals surface area contributed by atoms with Crippen molar-refractivity contribution in [2.75, 3.05) is 26.1 Å². The molecule has 0 aliphatic rings. The summed E-state index contributed by atoms with van der Waals surface area (Å²) in [5, 5.41) is 16.5. The Kier molecular flexibility index (Phi) is 5.27. The first-order chi connectivity index (χ1) is 10.6. The number of anilines is 1. The average Bonchev–Trinajstić information content (AvgIpc) is 2.94.